The average molecular weight is 280 g/mol. The summed E-state index contributed by atoms with van der Waals surface area (Å²) in [5.74, 6) is -0.166. The summed E-state index contributed by atoms with van der Waals surface area (Å²) in [6.45, 7) is 0. The third-order valence-electron chi connectivity index (χ3n) is 2.74. The number of rotatable bonds is 2. The van der Waals surface area contributed by atoms with Crippen LogP contribution in [0.3, 0.4) is 0 Å². The monoisotopic (exact) mass is 279 g/mol. The molecule has 0 bridgehead atoms. The van der Waals surface area contributed by atoms with Crippen molar-refractivity contribution in [3.63, 3.8) is 0 Å². The van der Waals surface area contributed by atoms with Crippen LogP contribution in [0.2, 0.25) is 5.02 Å². The van der Waals surface area contributed by atoms with Gasteiger partial charge in [0.1, 0.15) is 5.82 Å². The second-order valence-corrected chi connectivity index (χ2v) is 6.11. The molecule has 0 unspecified atom stereocenters. The van der Waals surface area contributed by atoms with Crippen molar-refractivity contribution < 1.29 is 13.0 Å². The largest absolute Gasteiger partial charge is 0.379 e. The van der Waals surface area contributed by atoms with Crippen molar-refractivity contribution >= 4 is 28.1 Å². The lowest BCUT2D eigenvalue weighted by atomic mass is 10.1. The van der Waals surface area contributed by atoms with Crippen LogP contribution in [0.25, 0.3) is 0 Å². The van der Waals surface area contributed by atoms with Crippen molar-refractivity contribution in [1.29, 1.82) is 0 Å². The van der Waals surface area contributed by atoms with E-state index in [0.29, 0.717) is 24.3 Å². The number of halogens is 3. The Kier molecular flexibility index (Phi) is 3.99. The fourth-order valence-corrected chi connectivity index (χ4v) is 3.37. The van der Waals surface area contributed by atoms with Gasteiger partial charge in [0.05, 0.1) is 10.7 Å². The Morgan fingerprint density at radius 1 is 1.29 bits per heavy atom. The Morgan fingerprint density at radius 3 is 2.53 bits per heavy atom. The molecule has 1 fully saturated rings. The molecule has 0 amide bonds. The van der Waals surface area contributed by atoms with Crippen LogP contribution in [0.15, 0.2) is 12.1 Å². The van der Waals surface area contributed by atoms with Gasteiger partial charge in [-0.2, -0.15) is 0 Å². The maximum atomic E-state index is 13.5. The topological polar surface area (TPSA) is 29.1 Å². The van der Waals surface area contributed by atoms with Gasteiger partial charge in [-0.25, -0.2) is 8.78 Å². The lowest BCUT2D eigenvalue weighted by Gasteiger charge is -2.24. The molecule has 94 valence electrons. The van der Waals surface area contributed by atoms with Crippen LogP contribution in [0.4, 0.5) is 14.5 Å². The molecule has 6 heteroatoms. The maximum absolute atomic E-state index is 13.5. The molecular formula is C11H12ClF2NOS. The van der Waals surface area contributed by atoms with E-state index in [1.54, 1.807) is 0 Å². The molecule has 0 radical (unpaired) electrons. The number of hydrogen-bond acceptors (Lipinski definition) is 2. The van der Waals surface area contributed by atoms with Crippen LogP contribution >= 0.6 is 11.6 Å². The molecule has 0 spiro atoms. The summed E-state index contributed by atoms with van der Waals surface area (Å²) >= 11 is 5.78. The Bertz CT molecular complexity index is 422. The highest BCUT2D eigenvalue weighted by Crippen LogP contribution is 2.28. The minimum Gasteiger partial charge on any atom is -0.379 e. The summed E-state index contributed by atoms with van der Waals surface area (Å²) in [7, 11) is -0.760. The Hall–Kier alpha value is -0.680. The van der Waals surface area contributed by atoms with Gasteiger partial charge in [-0.15, -0.1) is 0 Å². The molecule has 0 saturated carbocycles. The first-order chi connectivity index (χ1) is 8.06. The summed E-state index contributed by atoms with van der Waals surface area (Å²) < 4.78 is 37.5. The molecular weight excluding hydrogens is 268 g/mol. The quantitative estimate of drug-likeness (QED) is 0.902. The summed E-state index contributed by atoms with van der Waals surface area (Å²) in [5.41, 5.74) is 0.130. The number of benzene rings is 1. The molecule has 0 atom stereocenters. The molecule has 2 nitrogen and oxygen atoms in total. The summed E-state index contributed by atoms with van der Waals surface area (Å²) in [5, 5.41) is 2.99. The van der Waals surface area contributed by atoms with Gasteiger partial charge >= 0.3 is 0 Å². The molecule has 2 rings (SSSR count). The zero-order valence-electron chi connectivity index (χ0n) is 9.01. The standard InChI is InChI=1S/C11H12ClF2NOS/c12-9-5-7(13)6-10(14)11(9)15-8-1-3-17(16)4-2-8/h5-6,8,15H,1-4H2. The lowest BCUT2D eigenvalue weighted by Crippen LogP contribution is -2.29. The van der Waals surface area contributed by atoms with Gasteiger partial charge in [0.15, 0.2) is 5.82 Å². The molecule has 1 saturated heterocycles. The molecule has 1 aromatic rings. The molecule has 1 N–H and O–H groups in total. The Morgan fingerprint density at radius 2 is 1.94 bits per heavy atom. The number of nitrogens with one attached hydrogen (secondary N) is 1. The van der Waals surface area contributed by atoms with Crippen LogP contribution < -0.4 is 5.32 Å². The first-order valence-electron chi connectivity index (χ1n) is 5.32. The van der Waals surface area contributed by atoms with E-state index < -0.39 is 22.4 Å². The second-order valence-electron chi connectivity index (χ2n) is 4.01. The van der Waals surface area contributed by atoms with Crippen molar-refractivity contribution in [2.24, 2.45) is 0 Å². The zero-order chi connectivity index (χ0) is 12.4. The molecule has 1 aromatic carbocycles. The van der Waals surface area contributed by atoms with E-state index in [1.165, 1.54) is 0 Å². The summed E-state index contributed by atoms with van der Waals surface area (Å²) in [6.07, 6.45) is 1.42. The van der Waals surface area contributed by atoms with Crippen LogP contribution in [0.1, 0.15) is 12.8 Å². The van der Waals surface area contributed by atoms with Crippen molar-refractivity contribution in [3.8, 4) is 0 Å². The fourth-order valence-electron chi connectivity index (χ4n) is 1.82. The molecule has 0 aromatic heterocycles. The van der Waals surface area contributed by atoms with Gasteiger partial charge in [0.2, 0.25) is 0 Å². The third kappa shape index (κ3) is 3.16. The van der Waals surface area contributed by atoms with Crippen molar-refractivity contribution in [1.82, 2.24) is 0 Å². The van der Waals surface area contributed by atoms with Gasteiger partial charge in [-0.05, 0) is 18.9 Å². The smallest absolute Gasteiger partial charge is 0.150 e. The minimum absolute atomic E-state index is 0.0363. The predicted octanol–water partition coefficient (Wildman–Crippen LogP) is 2.94. The van der Waals surface area contributed by atoms with Crippen molar-refractivity contribution in [2.45, 2.75) is 18.9 Å². The molecule has 1 heterocycles. The normalized spacial score (nSPS) is 24.6. The number of hydrogen-bond donors (Lipinski definition) is 1. The van der Waals surface area contributed by atoms with Crippen molar-refractivity contribution in [3.05, 3.63) is 28.8 Å². The fraction of sp³-hybridized carbons (Fsp3) is 0.455. The summed E-state index contributed by atoms with van der Waals surface area (Å²) in [6, 6.07) is 1.92. The zero-order valence-corrected chi connectivity index (χ0v) is 10.6. The highest BCUT2D eigenvalue weighted by Gasteiger charge is 2.20. The van der Waals surface area contributed by atoms with Crippen molar-refractivity contribution in [2.75, 3.05) is 16.8 Å². The Balaban J connectivity index is 2.11. The first kappa shape index (κ1) is 12.8. The van der Waals surface area contributed by atoms with Crippen LogP contribution in [-0.2, 0) is 10.8 Å². The van der Waals surface area contributed by atoms with E-state index in [-0.39, 0.29) is 16.8 Å². The van der Waals surface area contributed by atoms with Gasteiger partial charge < -0.3 is 5.32 Å². The van der Waals surface area contributed by atoms with E-state index in [1.807, 2.05) is 0 Å². The van der Waals surface area contributed by atoms with Gasteiger partial charge in [0, 0.05) is 34.4 Å². The average Bonchev–Trinajstić information content (AvgIpc) is 2.26. The molecule has 0 aliphatic carbocycles. The van der Waals surface area contributed by atoms with Gasteiger partial charge in [0.25, 0.3) is 0 Å². The van der Waals surface area contributed by atoms with Crippen LogP contribution in [-0.4, -0.2) is 21.8 Å². The minimum atomic E-state index is -0.760. The van der Waals surface area contributed by atoms with E-state index in [0.717, 1.165) is 12.1 Å². The van der Waals surface area contributed by atoms with E-state index >= 15 is 0 Å². The van der Waals surface area contributed by atoms with Crippen LogP contribution in [0.5, 0.6) is 0 Å². The molecule has 1 aliphatic rings. The van der Waals surface area contributed by atoms with E-state index in [9.17, 15) is 13.0 Å². The first-order valence-corrected chi connectivity index (χ1v) is 7.19. The molecule has 17 heavy (non-hydrogen) atoms. The van der Waals surface area contributed by atoms with Gasteiger partial charge in [-0.3, -0.25) is 4.21 Å². The van der Waals surface area contributed by atoms with Gasteiger partial charge in [-0.1, -0.05) is 11.6 Å². The highest BCUT2D eigenvalue weighted by molar-refractivity contribution is 7.85. The van der Waals surface area contributed by atoms with E-state index in [4.69, 9.17) is 11.6 Å². The molecule has 1 aliphatic heterocycles. The van der Waals surface area contributed by atoms with Crippen LogP contribution in [0, 0.1) is 11.6 Å². The maximum Gasteiger partial charge on any atom is 0.150 e. The predicted molar refractivity (Wildman–Crippen MR) is 65.9 cm³/mol. The third-order valence-corrected chi connectivity index (χ3v) is 4.42. The van der Waals surface area contributed by atoms with E-state index in [2.05, 4.69) is 5.32 Å². The highest BCUT2D eigenvalue weighted by atomic mass is 35.5. The second kappa shape index (κ2) is 5.31. The SMILES string of the molecule is O=S1CCC(Nc2c(F)cc(F)cc2Cl)CC1. The summed E-state index contributed by atoms with van der Waals surface area (Å²) in [4.78, 5) is 0. The lowest BCUT2D eigenvalue weighted by molar-refractivity contribution is 0.578. The number of anilines is 1. The Labute approximate surface area is 106 Å².